The molecular formula is C15H23N3O2. The van der Waals surface area contributed by atoms with Crippen LogP contribution in [-0.4, -0.2) is 41.7 Å². The first-order valence-corrected chi connectivity index (χ1v) is 7.12. The molecule has 0 saturated heterocycles. The van der Waals surface area contributed by atoms with Crippen LogP contribution < -0.4 is 5.32 Å². The average molecular weight is 277 g/mol. The highest BCUT2D eigenvalue weighted by molar-refractivity contribution is 5.75. The van der Waals surface area contributed by atoms with Crippen LogP contribution in [0.5, 0.6) is 0 Å². The molecule has 0 spiro atoms. The lowest BCUT2D eigenvalue weighted by atomic mass is 10.2. The fourth-order valence-corrected chi connectivity index (χ4v) is 2.35. The number of nitrogens with zero attached hydrogens (tertiary/aromatic N) is 2. The van der Waals surface area contributed by atoms with Crippen molar-refractivity contribution in [3.8, 4) is 0 Å². The number of pyridine rings is 1. The zero-order valence-corrected chi connectivity index (χ0v) is 12.4. The summed E-state index contributed by atoms with van der Waals surface area (Å²) in [5.41, 5.74) is 0.925. The van der Waals surface area contributed by atoms with Crippen molar-refractivity contribution in [2.75, 3.05) is 13.7 Å². The summed E-state index contributed by atoms with van der Waals surface area (Å²) < 4.78 is 5.06. The van der Waals surface area contributed by atoms with Crippen LogP contribution in [0.1, 0.15) is 38.4 Å². The number of carbonyl (C=O) groups excluding carboxylic acids is 1. The number of nitrogens with one attached hydrogen (secondary N) is 1. The second kappa shape index (κ2) is 6.70. The number of carbonyl (C=O) groups is 1. The maximum absolute atomic E-state index is 12.5. The van der Waals surface area contributed by atoms with E-state index in [0.29, 0.717) is 12.6 Å². The Morgan fingerprint density at radius 2 is 2.25 bits per heavy atom. The number of amides is 2. The van der Waals surface area contributed by atoms with Crippen molar-refractivity contribution in [3.63, 3.8) is 0 Å². The van der Waals surface area contributed by atoms with Crippen molar-refractivity contribution >= 4 is 6.03 Å². The Labute approximate surface area is 120 Å². The molecule has 5 nitrogen and oxygen atoms in total. The first kappa shape index (κ1) is 14.8. The predicted molar refractivity (Wildman–Crippen MR) is 77.4 cm³/mol. The third-order valence-electron chi connectivity index (χ3n) is 3.49. The Kier molecular flexibility index (Phi) is 4.95. The molecule has 2 amide bonds. The maximum atomic E-state index is 12.5. The lowest BCUT2D eigenvalue weighted by Crippen LogP contribution is -2.47. The number of rotatable bonds is 6. The summed E-state index contributed by atoms with van der Waals surface area (Å²) in [7, 11) is 1.64. The lowest BCUT2D eigenvalue weighted by Gasteiger charge is -2.30. The number of hydrogen-bond acceptors (Lipinski definition) is 3. The molecule has 0 radical (unpaired) electrons. The van der Waals surface area contributed by atoms with Gasteiger partial charge >= 0.3 is 6.03 Å². The molecule has 1 saturated carbocycles. The number of urea groups is 1. The van der Waals surface area contributed by atoms with Gasteiger partial charge in [-0.25, -0.2) is 4.79 Å². The van der Waals surface area contributed by atoms with Crippen LogP contribution in [0.15, 0.2) is 24.4 Å². The molecule has 1 N–H and O–H groups in total. The molecule has 20 heavy (non-hydrogen) atoms. The topological polar surface area (TPSA) is 54.5 Å². The van der Waals surface area contributed by atoms with Gasteiger partial charge in [0.05, 0.1) is 24.4 Å². The van der Waals surface area contributed by atoms with Gasteiger partial charge in [0.25, 0.3) is 0 Å². The van der Waals surface area contributed by atoms with Crippen LogP contribution in [-0.2, 0) is 4.74 Å². The van der Waals surface area contributed by atoms with Crippen LogP contribution in [0.3, 0.4) is 0 Å². The summed E-state index contributed by atoms with van der Waals surface area (Å²) in [5.74, 6) is 0. The van der Waals surface area contributed by atoms with E-state index in [1.165, 1.54) is 0 Å². The van der Waals surface area contributed by atoms with Gasteiger partial charge in [0.1, 0.15) is 0 Å². The van der Waals surface area contributed by atoms with Crippen molar-refractivity contribution in [1.82, 2.24) is 15.2 Å². The molecule has 0 unspecified atom stereocenters. The molecule has 1 aromatic rings. The minimum Gasteiger partial charge on any atom is -0.383 e. The Morgan fingerprint density at radius 1 is 1.50 bits per heavy atom. The Hall–Kier alpha value is -1.62. The van der Waals surface area contributed by atoms with Crippen LogP contribution in [0, 0.1) is 0 Å². The molecule has 0 aromatic carbocycles. The normalized spacial score (nSPS) is 17.4. The Bertz CT molecular complexity index is 434. The van der Waals surface area contributed by atoms with Crippen molar-refractivity contribution in [2.45, 2.75) is 44.8 Å². The number of hydrogen-bond donors (Lipinski definition) is 1. The predicted octanol–water partition coefficient (Wildman–Crippen LogP) is 2.35. The number of methoxy groups -OCH3 is 1. The molecular weight excluding hydrogens is 254 g/mol. The van der Waals surface area contributed by atoms with Gasteiger partial charge in [-0.1, -0.05) is 6.07 Å². The molecule has 1 aliphatic carbocycles. The number of aromatic nitrogens is 1. The van der Waals surface area contributed by atoms with E-state index in [0.717, 1.165) is 18.5 Å². The molecule has 5 heteroatoms. The minimum atomic E-state index is -0.0322. The minimum absolute atomic E-state index is 0.00434. The van der Waals surface area contributed by atoms with Crippen molar-refractivity contribution in [1.29, 1.82) is 0 Å². The third-order valence-corrected chi connectivity index (χ3v) is 3.49. The van der Waals surface area contributed by atoms with Crippen molar-refractivity contribution < 1.29 is 9.53 Å². The fraction of sp³-hybridized carbons (Fsp3) is 0.600. The molecule has 2 rings (SSSR count). The average Bonchev–Trinajstić information content (AvgIpc) is 3.24. The van der Waals surface area contributed by atoms with Crippen molar-refractivity contribution in [3.05, 3.63) is 30.1 Å². The van der Waals surface area contributed by atoms with Gasteiger partial charge < -0.3 is 15.0 Å². The molecule has 0 aliphatic heterocycles. The van der Waals surface area contributed by atoms with Gasteiger partial charge in [0.2, 0.25) is 0 Å². The summed E-state index contributed by atoms with van der Waals surface area (Å²) in [6, 6.07) is 6.10. The molecule has 1 aromatic heterocycles. The monoisotopic (exact) mass is 277 g/mol. The first-order chi connectivity index (χ1) is 9.63. The zero-order chi connectivity index (χ0) is 14.5. The summed E-state index contributed by atoms with van der Waals surface area (Å²) >= 11 is 0. The van der Waals surface area contributed by atoms with Gasteiger partial charge in [-0.05, 0) is 38.8 Å². The van der Waals surface area contributed by atoms with Crippen LogP contribution in [0.25, 0.3) is 0 Å². The molecule has 2 atom stereocenters. The first-order valence-electron chi connectivity index (χ1n) is 7.12. The Morgan fingerprint density at radius 3 is 2.80 bits per heavy atom. The van der Waals surface area contributed by atoms with Gasteiger partial charge in [-0.3, -0.25) is 4.98 Å². The van der Waals surface area contributed by atoms with E-state index in [1.54, 1.807) is 13.3 Å². The van der Waals surface area contributed by atoms with Gasteiger partial charge in [0, 0.05) is 19.3 Å². The van der Waals surface area contributed by atoms with Crippen LogP contribution in [0.4, 0.5) is 4.79 Å². The fourth-order valence-electron chi connectivity index (χ4n) is 2.35. The second-order valence-corrected chi connectivity index (χ2v) is 5.37. The third kappa shape index (κ3) is 3.70. The second-order valence-electron chi connectivity index (χ2n) is 5.37. The molecule has 1 aliphatic rings. The highest BCUT2D eigenvalue weighted by Crippen LogP contribution is 2.33. The van der Waals surface area contributed by atoms with E-state index < -0.39 is 0 Å². The SMILES string of the molecule is COC[C@@H](C)NC(=O)N(C1CC1)[C@H](C)c1ccccn1. The molecule has 1 fully saturated rings. The van der Waals surface area contributed by atoms with E-state index in [2.05, 4.69) is 10.3 Å². The number of ether oxygens (including phenoxy) is 1. The largest absolute Gasteiger partial charge is 0.383 e. The van der Waals surface area contributed by atoms with E-state index >= 15 is 0 Å². The van der Waals surface area contributed by atoms with E-state index in [9.17, 15) is 4.79 Å². The smallest absolute Gasteiger partial charge is 0.318 e. The van der Waals surface area contributed by atoms with E-state index in [-0.39, 0.29) is 18.1 Å². The zero-order valence-electron chi connectivity index (χ0n) is 12.4. The highest BCUT2D eigenvalue weighted by atomic mass is 16.5. The summed E-state index contributed by atoms with van der Waals surface area (Å²) in [5, 5.41) is 2.99. The Balaban J connectivity index is 2.05. The quantitative estimate of drug-likeness (QED) is 0.868. The summed E-state index contributed by atoms with van der Waals surface area (Å²) in [4.78, 5) is 18.7. The molecule has 1 heterocycles. The van der Waals surface area contributed by atoms with Crippen LogP contribution >= 0.6 is 0 Å². The summed E-state index contributed by atoms with van der Waals surface area (Å²) in [6.07, 6.45) is 3.91. The standard InChI is InChI=1S/C15H23N3O2/c1-11(10-20-3)17-15(19)18(13-7-8-13)12(2)14-6-4-5-9-16-14/h4-6,9,11-13H,7-8,10H2,1-3H3,(H,17,19)/t11-,12-/m1/s1. The van der Waals surface area contributed by atoms with E-state index in [1.807, 2.05) is 36.9 Å². The summed E-state index contributed by atoms with van der Waals surface area (Å²) in [6.45, 7) is 4.49. The van der Waals surface area contributed by atoms with E-state index in [4.69, 9.17) is 4.74 Å². The molecule has 110 valence electrons. The van der Waals surface area contributed by atoms with Crippen molar-refractivity contribution in [2.24, 2.45) is 0 Å². The van der Waals surface area contributed by atoms with Gasteiger partial charge in [0.15, 0.2) is 0 Å². The lowest BCUT2D eigenvalue weighted by molar-refractivity contribution is 0.148. The highest BCUT2D eigenvalue weighted by Gasteiger charge is 2.37. The maximum Gasteiger partial charge on any atom is 0.318 e. The van der Waals surface area contributed by atoms with Gasteiger partial charge in [-0.15, -0.1) is 0 Å². The van der Waals surface area contributed by atoms with Gasteiger partial charge in [-0.2, -0.15) is 0 Å². The van der Waals surface area contributed by atoms with Crippen LogP contribution in [0.2, 0.25) is 0 Å². The molecule has 0 bridgehead atoms.